The Balaban J connectivity index is 1.93. The number of aromatic nitrogens is 1. The van der Waals surface area contributed by atoms with Crippen LogP contribution in [0.1, 0.15) is 5.56 Å². The van der Waals surface area contributed by atoms with E-state index in [1.54, 1.807) is 0 Å². The summed E-state index contributed by atoms with van der Waals surface area (Å²) in [5.74, 6) is 0. The third-order valence-electron chi connectivity index (χ3n) is 2.75. The van der Waals surface area contributed by atoms with Gasteiger partial charge in [0, 0.05) is 36.7 Å². The van der Waals surface area contributed by atoms with Gasteiger partial charge in [-0.05, 0) is 48.4 Å². The largest absolute Gasteiger partial charge is 0.374 e. The van der Waals surface area contributed by atoms with E-state index in [-0.39, 0.29) is 0 Å². The standard InChI is InChI=1S/C14H15ClN2/c1-17(14-4-2-13(15)3-5-14)11-8-12-6-9-16-10-7-12/h2-7,9-10H,8,11H2,1H3. The number of likely N-dealkylation sites (N-methyl/N-ethyl adjacent to an activating group) is 1. The van der Waals surface area contributed by atoms with Crippen LogP contribution in [0.4, 0.5) is 5.69 Å². The molecule has 2 nitrogen and oxygen atoms in total. The molecule has 0 spiro atoms. The molecule has 1 heterocycles. The SMILES string of the molecule is CN(CCc1ccncc1)c1ccc(Cl)cc1. The van der Waals surface area contributed by atoms with E-state index in [9.17, 15) is 0 Å². The van der Waals surface area contributed by atoms with Gasteiger partial charge in [0.25, 0.3) is 0 Å². The van der Waals surface area contributed by atoms with Crippen molar-refractivity contribution in [3.63, 3.8) is 0 Å². The summed E-state index contributed by atoms with van der Waals surface area (Å²) < 4.78 is 0. The molecule has 1 aromatic heterocycles. The molecule has 0 aliphatic carbocycles. The van der Waals surface area contributed by atoms with Gasteiger partial charge in [-0.1, -0.05) is 11.6 Å². The lowest BCUT2D eigenvalue weighted by Gasteiger charge is -2.19. The molecular formula is C14H15ClN2. The van der Waals surface area contributed by atoms with Gasteiger partial charge in [0.05, 0.1) is 0 Å². The second-order valence-electron chi connectivity index (χ2n) is 4.00. The molecule has 0 radical (unpaired) electrons. The van der Waals surface area contributed by atoms with Gasteiger partial charge in [-0.2, -0.15) is 0 Å². The molecule has 0 unspecified atom stereocenters. The van der Waals surface area contributed by atoms with E-state index < -0.39 is 0 Å². The van der Waals surface area contributed by atoms with E-state index in [2.05, 4.69) is 29.1 Å². The molecule has 0 saturated heterocycles. The first-order valence-corrected chi connectivity index (χ1v) is 5.99. The number of halogens is 1. The highest BCUT2D eigenvalue weighted by molar-refractivity contribution is 6.30. The fourth-order valence-electron chi connectivity index (χ4n) is 1.67. The van der Waals surface area contributed by atoms with Gasteiger partial charge in [-0.25, -0.2) is 0 Å². The third-order valence-corrected chi connectivity index (χ3v) is 3.00. The first-order chi connectivity index (χ1) is 8.25. The smallest absolute Gasteiger partial charge is 0.0407 e. The Morgan fingerprint density at radius 1 is 1.06 bits per heavy atom. The summed E-state index contributed by atoms with van der Waals surface area (Å²) in [5.41, 5.74) is 2.49. The average molecular weight is 247 g/mol. The Kier molecular flexibility index (Phi) is 3.99. The van der Waals surface area contributed by atoms with Crippen molar-refractivity contribution in [3.05, 3.63) is 59.4 Å². The van der Waals surface area contributed by atoms with Crippen molar-refractivity contribution in [2.45, 2.75) is 6.42 Å². The van der Waals surface area contributed by atoms with Crippen molar-refractivity contribution >= 4 is 17.3 Å². The summed E-state index contributed by atoms with van der Waals surface area (Å²) in [7, 11) is 2.09. The van der Waals surface area contributed by atoms with Crippen LogP contribution in [-0.4, -0.2) is 18.6 Å². The van der Waals surface area contributed by atoms with Crippen LogP contribution in [0.3, 0.4) is 0 Å². The highest BCUT2D eigenvalue weighted by Crippen LogP contribution is 2.16. The molecule has 17 heavy (non-hydrogen) atoms. The lowest BCUT2D eigenvalue weighted by atomic mass is 10.2. The Bertz CT molecular complexity index is 453. The molecule has 2 aromatic rings. The molecule has 88 valence electrons. The Morgan fingerprint density at radius 2 is 1.71 bits per heavy atom. The van der Waals surface area contributed by atoms with Crippen LogP contribution >= 0.6 is 11.6 Å². The molecule has 0 atom stereocenters. The van der Waals surface area contributed by atoms with Crippen LogP contribution in [0, 0.1) is 0 Å². The van der Waals surface area contributed by atoms with Crippen molar-refractivity contribution in [2.75, 3.05) is 18.5 Å². The Hall–Kier alpha value is -1.54. The number of rotatable bonds is 4. The number of hydrogen-bond acceptors (Lipinski definition) is 2. The molecule has 0 bridgehead atoms. The number of benzene rings is 1. The molecule has 3 heteroatoms. The highest BCUT2D eigenvalue weighted by atomic mass is 35.5. The summed E-state index contributed by atoms with van der Waals surface area (Å²) in [6.45, 7) is 0.978. The van der Waals surface area contributed by atoms with Gasteiger partial charge in [0.2, 0.25) is 0 Å². The van der Waals surface area contributed by atoms with Crippen molar-refractivity contribution in [1.29, 1.82) is 0 Å². The maximum absolute atomic E-state index is 5.86. The van der Waals surface area contributed by atoms with Crippen LogP contribution in [0.15, 0.2) is 48.8 Å². The fourth-order valence-corrected chi connectivity index (χ4v) is 1.80. The van der Waals surface area contributed by atoms with Gasteiger partial charge in [-0.15, -0.1) is 0 Å². The Labute approximate surface area is 107 Å². The van der Waals surface area contributed by atoms with Gasteiger partial charge in [-0.3, -0.25) is 4.98 Å². The molecule has 2 rings (SSSR count). The van der Waals surface area contributed by atoms with Crippen LogP contribution in [0.5, 0.6) is 0 Å². The number of pyridine rings is 1. The summed E-state index contributed by atoms with van der Waals surface area (Å²) >= 11 is 5.86. The molecule has 0 N–H and O–H groups in total. The molecule has 1 aromatic carbocycles. The zero-order valence-electron chi connectivity index (χ0n) is 9.81. The van der Waals surface area contributed by atoms with Crippen LogP contribution in [0.2, 0.25) is 5.02 Å². The third kappa shape index (κ3) is 3.46. The quantitative estimate of drug-likeness (QED) is 0.822. The van der Waals surface area contributed by atoms with E-state index in [0.717, 1.165) is 18.0 Å². The fraction of sp³-hybridized carbons (Fsp3) is 0.214. The van der Waals surface area contributed by atoms with E-state index in [0.29, 0.717) is 0 Å². The predicted octanol–water partition coefficient (Wildman–Crippen LogP) is 3.41. The van der Waals surface area contributed by atoms with Gasteiger partial charge < -0.3 is 4.90 Å². The van der Waals surface area contributed by atoms with Gasteiger partial charge >= 0.3 is 0 Å². The lowest BCUT2D eigenvalue weighted by molar-refractivity contribution is 0.875. The maximum Gasteiger partial charge on any atom is 0.0407 e. The maximum atomic E-state index is 5.86. The van der Waals surface area contributed by atoms with Crippen molar-refractivity contribution in [1.82, 2.24) is 4.98 Å². The summed E-state index contributed by atoms with van der Waals surface area (Å²) in [5, 5.41) is 0.774. The van der Waals surface area contributed by atoms with E-state index >= 15 is 0 Å². The van der Waals surface area contributed by atoms with Gasteiger partial charge in [0.1, 0.15) is 0 Å². The second-order valence-corrected chi connectivity index (χ2v) is 4.44. The molecule has 0 aliphatic rings. The zero-order chi connectivity index (χ0) is 12.1. The van der Waals surface area contributed by atoms with Crippen molar-refractivity contribution in [3.8, 4) is 0 Å². The summed E-state index contributed by atoms with van der Waals surface area (Å²) in [4.78, 5) is 6.23. The minimum absolute atomic E-state index is 0.774. The van der Waals surface area contributed by atoms with E-state index in [4.69, 9.17) is 11.6 Å². The highest BCUT2D eigenvalue weighted by Gasteiger charge is 2.01. The Morgan fingerprint density at radius 3 is 2.35 bits per heavy atom. The molecular weight excluding hydrogens is 232 g/mol. The lowest BCUT2D eigenvalue weighted by Crippen LogP contribution is -2.20. The number of nitrogens with zero attached hydrogens (tertiary/aromatic N) is 2. The number of anilines is 1. The van der Waals surface area contributed by atoms with Crippen molar-refractivity contribution in [2.24, 2.45) is 0 Å². The van der Waals surface area contributed by atoms with Crippen LogP contribution in [-0.2, 0) is 6.42 Å². The molecule has 0 amide bonds. The molecule has 0 aliphatic heterocycles. The first kappa shape index (κ1) is 11.9. The first-order valence-electron chi connectivity index (χ1n) is 5.61. The molecule has 0 saturated carbocycles. The topological polar surface area (TPSA) is 16.1 Å². The monoisotopic (exact) mass is 246 g/mol. The minimum Gasteiger partial charge on any atom is -0.374 e. The number of hydrogen-bond donors (Lipinski definition) is 0. The van der Waals surface area contributed by atoms with Crippen LogP contribution in [0.25, 0.3) is 0 Å². The average Bonchev–Trinajstić information content (AvgIpc) is 2.38. The second kappa shape index (κ2) is 5.69. The minimum atomic E-state index is 0.774. The molecule has 0 fully saturated rings. The van der Waals surface area contributed by atoms with Gasteiger partial charge in [0.15, 0.2) is 0 Å². The summed E-state index contributed by atoms with van der Waals surface area (Å²) in [6.07, 6.45) is 4.68. The van der Waals surface area contributed by atoms with Crippen molar-refractivity contribution < 1.29 is 0 Å². The predicted molar refractivity (Wildman–Crippen MR) is 72.7 cm³/mol. The normalized spacial score (nSPS) is 10.2. The zero-order valence-corrected chi connectivity index (χ0v) is 10.6. The summed E-state index contributed by atoms with van der Waals surface area (Å²) in [6, 6.07) is 12.0. The van der Waals surface area contributed by atoms with Crippen LogP contribution < -0.4 is 4.90 Å². The van der Waals surface area contributed by atoms with E-state index in [1.165, 1.54) is 11.3 Å². The van der Waals surface area contributed by atoms with E-state index in [1.807, 2.05) is 36.7 Å².